The predicted molar refractivity (Wildman–Crippen MR) is 92.9 cm³/mol. The van der Waals surface area contributed by atoms with Gasteiger partial charge in [0.25, 0.3) is 0 Å². The van der Waals surface area contributed by atoms with E-state index in [1.807, 2.05) is 0 Å². The molecule has 24 heavy (non-hydrogen) atoms. The van der Waals surface area contributed by atoms with Gasteiger partial charge in [-0.25, -0.2) is 0 Å². The van der Waals surface area contributed by atoms with Gasteiger partial charge in [-0.3, -0.25) is 0 Å². The molecule has 134 valence electrons. The molecule has 0 radical (unpaired) electrons. The zero-order valence-corrected chi connectivity index (χ0v) is 15.3. The van der Waals surface area contributed by atoms with E-state index in [4.69, 9.17) is 0 Å². The van der Waals surface area contributed by atoms with Gasteiger partial charge >= 0.3 is 0 Å². The molecule has 0 aromatic carbocycles. The number of nitriles is 1. The van der Waals surface area contributed by atoms with Gasteiger partial charge in [0.1, 0.15) is 0 Å². The topological polar surface area (TPSA) is 64.2 Å². The summed E-state index contributed by atoms with van der Waals surface area (Å²) in [4.78, 5) is 0. The minimum absolute atomic E-state index is 0.0682. The van der Waals surface area contributed by atoms with Crippen LogP contribution in [0.5, 0.6) is 0 Å². The maximum Gasteiger partial charge on any atom is 0.0735 e. The number of fused-ring (bicyclic) bond motifs is 5. The lowest BCUT2D eigenvalue weighted by molar-refractivity contribution is -0.209. The Morgan fingerprint density at radius 3 is 2.54 bits per heavy atom. The lowest BCUT2D eigenvalue weighted by Crippen LogP contribution is -2.62. The maximum atomic E-state index is 11.9. The molecule has 4 rings (SSSR count). The second kappa shape index (κ2) is 5.45. The molecular weight excluding hydrogens is 298 g/mol. The molecule has 0 aliphatic heterocycles. The molecule has 8 atom stereocenters. The Kier molecular flexibility index (Phi) is 3.83. The van der Waals surface area contributed by atoms with E-state index in [9.17, 15) is 15.5 Å². The molecule has 2 unspecified atom stereocenters. The van der Waals surface area contributed by atoms with Crippen molar-refractivity contribution < 1.29 is 10.2 Å². The van der Waals surface area contributed by atoms with E-state index in [-0.39, 0.29) is 11.5 Å². The van der Waals surface area contributed by atoms with Crippen LogP contribution in [0, 0.1) is 45.8 Å². The van der Waals surface area contributed by atoms with Gasteiger partial charge in [-0.05, 0) is 86.9 Å². The highest BCUT2D eigenvalue weighted by Gasteiger charge is 2.66. The van der Waals surface area contributed by atoms with Crippen molar-refractivity contribution in [3.05, 3.63) is 0 Å². The Morgan fingerprint density at radius 2 is 1.79 bits per heavy atom. The third-order valence-electron chi connectivity index (χ3n) is 9.35. The van der Waals surface area contributed by atoms with Crippen molar-refractivity contribution >= 4 is 0 Å². The zero-order valence-electron chi connectivity index (χ0n) is 15.3. The smallest absolute Gasteiger partial charge is 0.0735 e. The molecule has 0 amide bonds. The summed E-state index contributed by atoms with van der Waals surface area (Å²) in [5.74, 6) is 2.00. The van der Waals surface area contributed by atoms with Gasteiger partial charge in [0, 0.05) is 11.8 Å². The lowest BCUT2D eigenvalue weighted by Gasteiger charge is -2.63. The second-order valence-corrected chi connectivity index (χ2v) is 9.90. The van der Waals surface area contributed by atoms with Crippen LogP contribution >= 0.6 is 0 Å². The average Bonchev–Trinajstić information content (AvgIpc) is 2.81. The van der Waals surface area contributed by atoms with Gasteiger partial charge in [-0.1, -0.05) is 13.8 Å². The normalized spacial score (nSPS) is 56.7. The largest absolute Gasteiger partial charge is 0.393 e. The maximum absolute atomic E-state index is 11.9. The van der Waals surface area contributed by atoms with E-state index in [1.165, 1.54) is 6.42 Å². The van der Waals surface area contributed by atoms with E-state index in [2.05, 4.69) is 19.9 Å². The minimum Gasteiger partial charge on any atom is -0.393 e. The quantitative estimate of drug-likeness (QED) is 0.762. The number of rotatable bonds is 1. The summed E-state index contributed by atoms with van der Waals surface area (Å²) in [7, 11) is 0. The first-order valence-electron chi connectivity index (χ1n) is 10.1. The summed E-state index contributed by atoms with van der Waals surface area (Å²) >= 11 is 0. The van der Waals surface area contributed by atoms with Crippen molar-refractivity contribution in [1.29, 1.82) is 5.26 Å². The first-order chi connectivity index (χ1) is 11.3. The van der Waals surface area contributed by atoms with Crippen molar-refractivity contribution in [2.45, 2.75) is 89.8 Å². The molecular formula is C21H33NO2. The molecule has 0 spiro atoms. The number of hydrogen-bond acceptors (Lipinski definition) is 3. The molecule has 4 aliphatic rings. The summed E-state index contributed by atoms with van der Waals surface area (Å²) in [5, 5.41) is 31.2. The Morgan fingerprint density at radius 1 is 1.00 bits per heavy atom. The molecule has 0 aromatic heterocycles. The van der Waals surface area contributed by atoms with Gasteiger partial charge in [-0.15, -0.1) is 0 Å². The fourth-order valence-electron chi connectivity index (χ4n) is 7.75. The van der Waals surface area contributed by atoms with Crippen LogP contribution in [-0.2, 0) is 0 Å². The van der Waals surface area contributed by atoms with Crippen LogP contribution in [-0.4, -0.2) is 21.9 Å². The summed E-state index contributed by atoms with van der Waals surface area (Å²) in [6.07, 6.45) is 9.97. The predicted octanol–water partition coefficient (Wildman–Crippen LogP) is 4.03. The molecule has 4 saturated carbocycles. The number of aliphatic hydroxyl groups excluding tert-OH is 1. The van der Waals surface area contributed by atoms with Crippen molar-refractivity contribution in [2.24, 2.45) is 34.5 Å². The van der Waals surface area contributed by atoms with Crippen molar-refractivity contribution in [3.63, 3.8) is 0 Å². The van der Waals surface area contributed by atoms with E-state index in [0.717, 1.165) is 51.4 Å². The summed E-state index contributed by atoms with van der Waals surface area (Å²) in [5.41, 5.74) is -0.338. The SMILES string of the molecule is C[C@]12CCC(O)CC1CC[C@@H]1[C@@H]2CC[C@]2(C)[C@@H](CC#N)CC[C@@]12O. The van der Waals surface area contributed by atoms with Gasteiger partial charge in [0.05, 0.1) is 17.8 Å². The fraction of sp³-hybridized carbons (Fsp3) is 0.952. The van der Waals surface area contributed by atoms with Crippen LogP contribution in [0.15, 0.2) is 0 Å². The molecule has 3 heteroatoms. The highest BCUT2D eigenvalue weighted by atomic mass is 16.3. The van der Waals surface area contributed by atoms with Gasteiger partial charge in [-0.2, -0.15) is 5.26 Å². The Labute approximate surface area is 146 Å². The van der Waals surface area contributed by atoms with E-state index in [1.54, 1.807) is 0 Å². The number of nitrogens with zero attached hydrogens (tertiary/aromatic N) is 1. The molecule has 4 aliphatic carbocycles. The van der Waals surface area contributed by atoms with Crippen LogP contribution < -0.4 is 0 Å². The van der Waals surface area contributed by atoms with Gasteiger partial charge in [0.2, 0.25) is 0 Å². The monoisotopic (exact) mass is 331 g/mol. The summed E-state index contributed by atoms with van der Waals surface area (Å²) < 4.78 is 0. The van der Waals surface area contributed by atoms with Crippen LogP contribution in [0.3, 0.4) is 0 Å². The second-order valence-electron chi connectivity index (χ2n) is 9.90. The lowest BCUT2D eigenvalue weighted by atomic mass is 9.43. The Bertz CT molecular complexity index is 557. The molecule has 2 N–H and O–H groups in total. The van der Waals surface area contributed by atoms with Crippen molar-refractivity contribution in [1.82, 2.24) is 0 Å². The zero-order chi connectivity index (χ0) is 17.2. The minimum atomic E-state index is -0.568. The van der Waals surface area contributed by atoms with Crippen LogP contribution in [0.2, 0.25) is 0 Å². The number of hydrogen-bond donors (Lipinski definition) is 2. The van der Waals surface area contributed by atoms with Crippen LogP contribution in [0.4, 0.5) is 0 Å². The summed E-state index contributed by atoms with van der Waals surface area (Å²) in [6.45, 7) is 4.73. The molecule has 0 heterocycles. The summed E-state index contributed by atoms with van der Waals surface area (Å²) in [6, 6.07) is 2.38. The first-order valence-corrected chi connectivity index (χ1v) is 10.1. The fourth-order valence-corrected chi connectivity index (χ4v) is 7.75. The molecule has 4 fully saturated rings. The highest BCUT2D eigenvalue weighted by Crippen LogP contribution is 2.69. The van der Waals surface area contributed by atoms with Gasteiger partial charge in [0.15, 0.2) is 0 Å². The number of aliphatic hydroxyl groups is 2. The van der Waals surface area contributed by atoms with Crippen molar-refractivity contribution in [2.75, 3.05) is 0 Å². The van der Waals surface area contributed by atoms with Crippen LogP contribution in [0.1, 0.15) is 78.1 Å². The third-order valence-corrected chi connectivity index (χ3v) is 9.35. The Hall–Kier alpha value is -0.590. The molecule has 3 nitrogen and oxygen atoms in total. The Balaban J connectivity index is 1.65. The van der Waals surface area contributed by atoms with E-state index >= 15 is 0 Å². The molecule has 0 bridgehead atoms. The first kappa shape index (κ1) is 16.9. The average molecular weight is 332 g/mol. The highest BCUT2D eigenvalue weighted by molar-refractivity contribution is 5.17. The van der Waals surface area contributed by atoms with E-state index < -0.39 is 5.60 Å². The molecule has 0 saturated heterocycles. The van der Waals surface area contributed by atoms with E-state index in [0.29, 0.717) is 35.5 Å². The standard InChI is InChI=1S/C21H33NO2/c1-19-9-6-16(23)13-15(19)3-4-18-17(19)7-10-20(2)14(8-12-22)5-11-21(18,20)24/h14-18,23-24H,3-11,13H2,1-2H3/t14-,15?,16?,17+,18-,19+,20-,21-/m1/s1. The third kappa shape index (κ3) is 2.02. The van der Waals surface area contributed by atoms with Crippen LogP contribution in [0.25, 0.3) is 0 Å². The van der Waals surface area contributed by atoms with Gasteiger partial charge < -0.3 is 10.2 Å². The van der Waals surface area contributed by atoms with Crippen molar-refractivity contribution in [3.8, 4) is 6.07 Å². The molecule has 0 aromatic rings.